The summed E-state index contributed by atoms with van der Waals surface area (Å²) in [6.45, 7) is 0.308. The number of hydrogen-bond donors (Lipinski definition) is 3. The number of amides is 1. The molecule has 0 aliphatic carbocycles. The Morgan fingerprint density at radius 2 is 1.67 bits per heavy atom. The molecule has 0 heterocycles. The van der Waals surface area contributed by atoms with E-state index in [2.05, 4.69) is 5.32 Å². The minimum absolute atomic E-state index is 0.174. The molecule has 0 aliphatic rings. The fourth-order valence-electron chi connectivity index (χ4n) is 1.90. The zero-order chi connectivity index (χ0) is 15.2. The van der Waals surface area contributed by atoms with Gasteiger partial charge >= 0.3 is 0 Å². The zero-order valence-corrected chi connectivity index (χ0v) is 11.4. The minimum atomic E-state index is -0.671. The number of nitrogens with two attached hydrogens (primary N) is 1. The number of aromatic hydroxyl groups is 1. The van der Waals surface area contributed by atoms with Gasteiger partial charge in [0.1, 0.15) is 11.6 Å². The van der Waals surface area contributed by atoms with Crippen molar-refractivity contribution in [3.8, 4) is 5.75 Å². The maximum atomic E-state index is 12.8. The molecule has 110 valence electrons. The number of phenols is 1. The smallest absolute Gasteiger partial charge is 0.237 e. The Balaban J connectivity index is 1.84. The maximum Gasteiger partial charge on any atom is 0.237 e. The Hall–Kier alpha value is -2.40. The fourth-order valence-corrected chi connectivity index (χ4v) is 1.90. The molecule has 5 heteroatoms. The van der Waals surface area contributed by atoms with Crippen LogP contribution in [0.4, 0.5) is 4.39 Å². The molecule has 4 N–H and O–H groups in total. The lowest BCUT2D eigenvalue weighted by Crippen LogP contribution is -2.41. The molecular formula is C16H17FN2O2. The second kappa shape index (κ2) is 6.85. The summed E-state index contributed by atoms with van der Waals surface area (Å²) in [6, 6.07) is 11.8. The molecule has 1 amide bonds. The van der Waals surface area contributed by atoms with Crippen LogP contribution in [0.1, 0.15) is 11.1 Å². The van der Waals surface area contributed by atoms with Crippen molar-refractivity contribution >= 4 is 5.91 Å². The largest absolute Gasteiger partial charge is 0.508 e. The zero-order valence-electron chi connectivity index (χ0n) is 11.4. The van der Waals surface area contributed by atoms with E-state index in [0.717, 1.165) is 11.1 Å². The molecule has 0 saturated carbocycles. The van der Waals surface area contributed by atoms with Crippen molar-refractivity contribution < 1.29 is 14.3 Å². The lowest BCUT2D eigenvalue weighted by atomic mass is 10.1. The lowest BCUT2D eigenvalue weighted by molar-refractivity contribution is -0.122. The van der Waals surface area contributed by atoms with Gasteiger partial charge in [-0.05, 0) is 41.8 Å². The Morgan fingerprint density at radius 1 is 1.10 bits per heavy atom. The summed E-state index contributed by atoms with van der Waals surface area (Å²) >= 11 is 0. The van der Waals surface area contributed by atoms with Gasteiger partial charge in [-0.25, -0.2) is 4.39 Å². The second-order valence-corrected chi connectivity index (χ2v) is 4.82. The van der Waals surface area contributed by atoms with E-state index >= 15 is 0 Å². The molecule has 0 unspecified atom stereocenters. The molecule has 0 spiro atoms. The molecule has 0 fully saturated rings. The van der Waals surface area contributed by atoms with Crippen molar-refractivity contribution in [2.75, 3.05) is 0 Å². The number of carbonyl (C=O) groups is 1. The van der Waals surface area contributed by atoms with Crippen LogP contribution in [0, 0.1) is 5.82 Å². The quantitative estimate of drug-likeness (QED) is 0.784. The minimum Gasteiger partial charge on any atom is -0.508 e. The summed E-state index contributed by atoms with van der Waals surface area (Å²) in [7, 11) is 0. The van der Waals surface area contributed by atoms with Gasteiger partial charge in [0.25, 0.3) is 0 Å². The standard InChI is InChI=1S/C16H17FN2O2/c17-13-5-1-12(2-6-13)10-19-16(21)15(18)9-11-3-7-14(20)8-4-11/h1-8,15,20H,9-10,18H2,(H,19,21)/t15-/m0/s1. The van der Waals surface area contributed by atoms with Gasteiger partial charge in [0.15, 0.2) is 0 Å². The van der Waals surface area contributed by atoms with Crippen molar-refractivity contribution in [1.29, 1.82) is 0 Å². The molecule has 0 radical (unpaired) electrons. The van der Waals surface area contributed by atoms with Crippen LogP contribution in [-0.4, -0.2) is 17.1 Å². The average Bonchev–Trinajstić information content (AvgIpc) is 2.48. The SMILES string of the molecule is N[C@@H](Cc1ccc(O)cc1)C(=O)NCc1ccc(F)cc1. The van der Waals surface area contributed by atoms with E-state index in [9.17, 15) is 14.3 Å². The summed E-state index contributed by atoms with van der Waals surface area (Å²) in [4.78, 5) is 11.9. The van der Waals surface area contributed by atoms with Crippen LogP contribution >= 0.6 is 0 Å². The number of nitrogens with one attached hydrogen (secondary N) is 1. The van der Waals surface area contributed by atoms with E-state index in [4.69, 9.17) is 5.73 Å². The Morgan fingerprint density at radius 3 is 2.29 bits per heavy atom. The van der Waals surface area contributed by atoms with Crippen LogP contribution in [-0.2, 0) is 17.8 Å². The molecule has 2 aromatic rings. The third-order valence-electron chi connectivity index (χ3n) is 3.11. The summed E-state index contributed by atoms with van der Waals surface area (Å²) in [5.41, 5.74) is 7.52. The predicted octanol–water partition coefficient (Wildman–Crippen LogP) is 1.72. The van der Waals surface area contributed by atoms with Crippen molar-refractivity contribution in [2.24, 2.45) is 5.73 Å². The van der Waals surface area contributed by atoms with Gasteiger partial charge < -0.3 is 16.2 Å². The third kappa shape index (κ3) is 4.57. The molecule has 2 rings (SSSR count). The summed E-state index contributed by atoms with van der Waals surface area (Å²) in [5.74, 6) is -0.408. The highest BCUT2D eigenvalue weighted by Gasteiger charge is 2.13. The van der Waals surface area contributed by atoms with Gasteiger partial charge in [0, 0.05) is 6.54 Å². The molecule has 0 bridgehead atoms. The highest BCUT2D eigenvalue weighted by molar-refractivity contribution is 5.81. The van der Waals surface area contributed by atoms with Gasteiger partial charge in [0.05, 0.1) is 6.04 Å². The normalized spacial score (nSPS) is 11.9. The third-order valence-corrected chi connectivity index (χ3v) is 3.11. The topological polar surface area (TPSA) is 75.3 Å². The number of halogens is 1. The van der Waals surface area contributed by atoms with Crippen molar-refractivity contribution in [3.63, 3.8) is 0 Å². The maximum absolute atomic E-state index is 12.8. The number of rotatable bonds is 5. The van der Waals surface area contributed by atoms with E-state index < -0.39 is 6.04 Å². The van der Waals surface area contributed by atoms with Gasteiger partial charge in [0.2, 0.25) is 5.91 Å². The van der Waals surface area contributed by atoms with Gasteiger partial charge in [-0.3, -0.25) is 4.79 Å². The van der Waals surface area contributed by atoms with Gasteiger partial charge in [-0.1, -0.05) is 24.3 Å². The number of benzene rings is 2. The molecule has 0 aliphatic heterocycles. The molecule has 4 nitrogen and oxygen atoms in total. The molecule has 2 aromatic carbocycles. The van der Waals surface area contributed by atoms with E-state index in [1.54, 1.807) is 36.4 Å². The Labute approximate surface area is 122 Å². The number of hydrogen-bond acceptors (Lipinski definition) is 3. The first kappa shape index (κ1) is 15.0. The van der Waals surface area contributed by atoms with Crippen LogP contribution in [0.5, 0.6) is 5.75 Å². The summed E-state index contributed by atoms with van der Waals surface area (Å²) in [6.07, 6.45) is 0.384. The number of phenolic OH excluding ortho intramolecular Hbond substituents is 1. The molecule has 21 heavy (non-hydrogen) atoms. The van der Waals surface area contributed by atoms with Gasteiger partial charge in [-0.15, -0.1) is 0 Å². The first-order valence-electron chi connectivity index (χ1n) is 6.60. The van der Waals surface area contributed by atoms with E-state index in [-0.39, 0.29) is 17.5 Å². The van der Waals surface area contributed by atoms with Crippen LogP contribution in [0.2, 0.25) is 0 Å². The van der Waals surface area contributed by atoms with Crippen LogP contribution in [0.15, 0.2) is 48.5 Å². The molecule has 0 saturated heterocycles. The van der Waals surface area contributed by atoms with E-state index in [1.165, 1.54) is 12.1 Å². The summed E-state index contributed by atoms with van der Waals surface area (Å²) in [5, 5.41) is 11.9. The first-order chi connectivity index (χ1) is 10.0. The van der Waals surface area contributed by atoms with Crippen molar-refractivity contribution in [2.45, 2.75) is 19.0 Å². The fraction of sp³-hybridized carbons (Fsp3) is 0.188. The van der Waals surface area contributed by atoms with Crippen molar-refractivity contribution in [3.05, 3.63) is 65.5 Å². The van der Waals surface area contributed by atoms with Crippen LogP contribution in [0.25, 0.3) is 0 Å². The van der Waals surface area contributed by atoms with Crippen LogP contribution in [0.3, 0.4) is 0 Å². The monoisotopic (exact) mass is 288 g/mol. The molecule has 1 atom stereocenters. The molecule has 0 aromatic heterocycles. The van der Waals surface area contributed by atoms with Crippen molar-refractivity contribution in [1.82, 2.24) is 5.32 Å². The average molecular weight is 288 g/mol. The highest BCUT2D eigenvalue weighted by atomic mass is 19.1. The van der Waals surface area contributed by atoms with E-state index in [1.807, 2.05) is 0 Å². The van der Waals surface area contributed by atoms with Gasteiger partial charge in [-0.2, -0.15) is 0 Å². The lowest BCUT2D eigenvalue weighted by Gasteiger charge is -2.12. The predicted molar refractivity (Wildman–Crippen MR) is 78.0 cm³/mol. The first-order valence-corrected chi connectivity index (χ1v) is 6.60. The van der Waals surface area contributed by atoms with Crippen LogP contribution < -0.4 is 11.1 Å². The number of carbonyl (C=O) groups excluding carboxylic acids is 1. The Bertz CT molecular complexity index is 597. The second-order valence-electron chi connectivity index (χ2n) is 4.82. The Kier molecular flexibility index (Phi) is 4.90. The molecular weight excluding hydrogens is 271 g/mol. The highest BCUT2D eigenvalue weighted by Crippen LogP contribution is 2.11. The summed E-state index contributed by atoms with van der Waals surface area (Å²) < 4.78 is 12.8. The van der Waals surface area contributed by atoms with E-state index in [0.29, 0.717) is 13.0 Å².